The van der Waals surface area contributed by atoms with Crippen molar-refractivity contribution in [1.82, 2.24) is 9.78 Å². The third-order valence-corrected chi connectivity index (χ3v) is 3.43. The van der Waals surface area contributed by atoms with Crippen LogP contribution in [-0.2, 0) is 10.7 Å². The van der Waals surface area contributed by atoms with Crippen LogP contribution in [-0.4, -0.2) is 26.6 Å². The minimum Gasteiger partial charge on any atom is -0.481 e. The van der Waals surface area contributed by atoms with Gasteiger partial charge in [-0.25, -0.2) is 0 Å². The maximum Gasteiger partial charge on any atom is 0.304 e. The fraction of sp³-hybridized carbons (Fsp3) is 0.556. The first kappa shape index (κ1) is 12.4. The van der Waals surface area contributed by atoms with Crippen molar-refractivity contribution in [2.24, 2.45) is 0 Å². The highest BCUT2D eigenvalue weighted by atomic mass is 35.5. The Morgan fingerprint density at radius 3 is 2.73 bits per heavy atom. The third-order valence-electron chi connectivity index (χ3n) is 1.97. The Morgan fingerprint density at radius 2 is 2.27 bits per heavy atom. The van der Waals surface area contributed by atoms with E-state index in [9.17, 15) is 4.79 Å². The number of aryl methyl sites for hydroxylation is 1. The summed E-state index contributed by atoms with van der Waals surface area (Å²) < 4.78 is 1.80. The summed E-state index contributed by atoms with van der Waals surface area (Å²) in [4.78, 5) is 10.3. The lowest BCUT2D eigenvalue weighted by molar-refractivity contribution is -0.136. The van der Waals surface area contributed by atoms with Crippen LogP contribution in [0.1, 0.15) is 17.8 Å². The highest BCUT2D eigenvalue weighted by molar-refractivity contribution is 7.98. The molecule has 0 saturated heterocycles. The molecule has 4 nitrogen and oxygen atoms in total. The Balaban J connectivity index is 2.44. The van der Waals surface area contributed by atoms with Crippen molar-refractivity contribution < 1.29 is 9.90 Å². The molecule has 0 aliphatic heterocycles. The Hall–Kier alpha value is -0.680. The first-order valence-electron chi connectivity index (χ1n) is 4.51. The summed E-state index contributed by atoms with van der Waals surface area (Å²) in [5, 5.41) is 13.4. The van der Waals surface area contributed by atoms with Gasteiger partial charge in [0, 0.05) is 5.75 Å². The minimum absolute atomic E-state index is 0.178. The van der Waals surface area contributed by atoms with Crippen LogP contribution in [0.2, 0.25) is 5.02 Å². The molecule has 6 heteroatoms. The molecule has 1 N–H and O–H groups in total. The standard InChI is InChI=1S/C9H13ClN2O2S/c1-6-9(10)7(2)12(11-6)5-15-4-3-8(13)14/h3-5H2,1-2H3,(H,13,14). The second-order valence-corrected chi connectivity index (χ2v) is 4.62. The molecule has 0 aliphatic carbocycles. The van der Waals surface area contributed by atoms with Gasteiger partial charge in [-0.3, -0.25) is 9.48 Å². The fourth-order valence-corrected chi connectivity index (χ4v) is 2.12. The number of halogens is 1. The molecule has 0 amide bonds. The smallest absolute Gasteiger partial charge is 0.304 e. The van der Waals surface area contributed by atoms with Crippen LogP contribution in [0.15, 0.2) is 0 Å². The van der Waals surface area contributed by atoms with Crippen molar-refractivity contribution in [2.75, 3.05) is 5.75 Å². The van der Waals surface area contributed by atoms with Crippen LogP contribution in [0.4, 0.5) is 0 Å². The van der Waals surface area contributed by atoms with Gasteiger partial charge < -0.3 is 5.11 Å². The number of aromatic nitrogens is 2. The van der Waals surface area contributed by atoms with Crippen LogP contribution < -0.4 is 0 Å². The topological polar surface area (TPSA) is 55.1 Å². The van der Waals surface area contributed by atoms with Crippen molar-refractivity contribution in [3.63, 3.8) is 0 Å². The van der Waals surface area contributed by atoms with Gasteiger partial charge in [-0.05, 0) is 13.8 Å². The molecular formula is C9H13ClN2O2S. The number of rotatable bonds is 5. The zero-order valence-corrected chi connectivity index (χ0v) is 10.2. The minimum atomic E-state index is -0.770. The van der Waals surface area contributed by atoms with E-state index in [0.717, 1.165) is 11.4 Å². The van der Waals surface area contributed by atoms with Crippen LogP contribution in [0.5, 0.6) is 0 Å². The van der Waals surface area contributed by atoms with E-state index < -0.39 is 5.97 Å². The van der Waals surface area contributed by atoms with Gasteiger partial charge in [-0.15, -0.1) is 11.8 Å². The van der Waals surface area contributed by atoms with Gasteiger partial charge in [-0.1, -0.05) is 11.6 Å². The molecule has 0 bridgehead atoms. The predicted molar refractivity (Wildman–Crippen MR) is 61.4 cm³/mol. The number of hydrogen-bond acceptors (Lipinski definition) is 3. The first-order valence-corrected chi connectivity index (χ1v) is 6.04. The van der Waals surface area contributed by atoms with Gasteiger partial charge in [0.15, 0.2) is 0 Å². The summed E-state index contributed by atoms with van der Waals surface area (Å²) in [6.45, 7) is 3.76. The van der Waals surface area contributed by atoms with E-state index in [4.69, 9.17) is 16.7 Å². The first-order chi connectivity index (χ1) is 7.02. The lowest BCUT2D eigenvalue weighted by Crippen LogP contribution is -2.02. The largest absolute Gasteiger partial charge is 0.481 e. The second-order valence-electron chi connectivity index (χ2n) is 3.17. The second kappa shape index (κ2) is 5.42. The molecule has 0 saturated carbocycles. The van der Waals surface area contributed by atoms with Crippen LogP contribution in [0.3, 0.4) is 0 Å². The zero-order chi connectivity index (χ0) is 11.4. The Kier molecular flexibility index (Phi) is 4.47. The Labute approximate surface area is 97.6 Å². The van der Waals surface area contributed by atoms with Crippen molar-refractivity contribution in [2.45, 2.75) is 26.1 Å². The Bertz CT molecular complexity index is 365. The molecule has 84 valence electrons. The number of thioether (sulfide) groups is 1. The highest BCUT2D eigenvalue weighted by Gasteiger charge is 2.08. The molecule has 0 radical (unpaired) electrons. The molecule has 1 aromatic rings. The van der Waals surface area contributed by atoms with Gasteiger partial charge in [0.05, 0.1) is 28.7 Å². The average molecular weight is 249 g/mol. The van der Waals surface area contributed by atoms with E-state index >= 15 is 0 Å². The van der Waals surface area contributed by atoms with Crippen molar-refractivity contribution in [3.8, 4) is 0 Å². The zero-order valence-electron chi connectivity index (χ0n) is 8.66. The molecule has 0 atom stereocenters. The van der Waals surface area contributed by atoms with Gasteiger partial charge >= 0.3 is 5.97 Å². The SMILES string of the molecule is Cc1nn(CSCCC(=O)O)c(C)c1Cl. The number of nitrogens with zero attached hydrogens (tertiary/aromatic N) is 2. The summed E-state index contributed by atoms with van der Waals surface area (Å²) in [6.07, 6.45) is 0.178. The number of carboxylic acids is 1. The molecule has 1 aromatic heterocycles. The monoisotopic (exact) mass is 248 g/mol. The molecule has 0 aliphatic rings. The number of aliphatic carboxylic acids is 1. The lowest BCUT2D eigenvalue weighted by Gasteiger charge is -2.02. The number of carboxylic acid groups (broad SMARTS) is 1. The quantitative estimate of drug-likeness (QED) is 0.813. The molecule has 1 rings (SSSR count). The molecule has 0 fully saturated rings. The summed E-state index contributed by atoms with van der Waals surface area (Å²) in [7, 11) is 0. The van der Waals surface area contributed by atoms with Gasteiger partial charge in [0.1, 0.15) is 0 Å². The van der Waals surface area contributed by atoms with Crippen LogP contribution in [0.25, 0.3) is 0 Å². The highest BCUT2D eigenvalue weighted by Crippen LogP contribution is 2.20. The van der Waals surface area contributed by atoms with E-state index in [-0.39, 0.29) is 6.42 Å². The van der Waals surface area contributed by atoms with E-state index in [1.165, 1.54) is 11.8 Å². The average Bonchev–Trinajstić information content (AvgIpc) is 2.41. The summed E-state index contributed by atoms with van der Waals surface area (Å²) in [6, 6.07) is 0. The van der Waals surface area contributed by atoms with Crippen LogP contribution in [0, 0.1) is 13.8 Å². The summed E-state index contributed by atoms with van der Waals surface area (Å²) in [5.41, 5.74) is 1.74. The molecular weight excluding hydrogens is 236 g/mol. The van der Waals surface area contributed by atoms with E-state index in [2.05, 4.69) is 5.10 Å². The van der Waals surface area contributed by atoms with Crippen molar-refractivity contribution in [3.05, 3.63) is 16.4 Å². The molecule has 0 unspecified atom stereocenters. The van der Waals surface area contributed by atoms with Crippen molar-refractivity contribution >= 4 is 29.3 Å². The maximum absolute atomic E-state index is 10.3. The normalized spacial score (nSPS) is 10.6. The molecule has 15 heavy (non-hydrogen) atoms. The van der Waals surface area contributed by atoms with Gasteiger partial charge in [0.25, 0.3) is 0 Å². The summed E-state index contributed by atoms with van der Waals surface area (Å²) >= 11 is 7.51. The van der Waals surface area contributed by atoms with E-state index in [1.807, 2.05) is 13.8 Å². The molecule has 1 heterocycles. The molecule has 0 aromatic carbocycles. The summed E-state index contributed by atoms with van der Waals surface area (Å²) in [5.74, 6) is 0.465. The molecule has 0 spiro atoms. The Morgan fingerprint density at radius 1 is 1.60 bits per heavy atom. The van der Waals surface area contributed by atoms with E-state index in [1.54, 1.807) is 4.68 Å². The predicted octanol–water partition coefficient (Wildman–Crippen LogP) is 2.32. The van der Waals surface area contributed by atoms with E-state index in [0.29, 0.717) is 16.7 Å². The van der Waals surface area contributed by atoms with Gasteiger partial charge in [-0.2, -0.15) is 5.10 Å². The van der Waals surface area contributed by atoms with Crippen molar-refractivity contribution in [1.29, 1.82) is 0 Å². The fourth-order valence-electron chi connectivity index (χ4n) is 1.11. The number of hydrogen-bond donors (Lipinski definition) is 1. The third kappa shape index (κ3) is 3.43. The van der Waals surface area contributed by atoms with Crippen LogP contribution >= 0.6 is 23.4 Å². The lowest BCUT2D eigenvalue weighted by atomic mass is 10.4. The maximum atomic E-state index is 10.3. The van der Waals surface area contributed by atoms with Gasteiger partial charge in [0.2, 0.25) is 0 Å². The number of carbonyl (C=O) groups is 1.